The SMILES string of the molecule is CCOC(=O)Oc1c(-c2c(C)ccc(-c3ccc(F)cc3)c2C)c(=O)n2n1CCN(OC)CC2. The molecule has 0 saturated heterocycles. The van der Waals surface area contributed by atoms with Crippen molar-refractivity contribution in [3.05, 3.63) is 63.7 Å². The molecular weight excluding hydrogens is 441 g/mol. The van der Waals surface area contributed by atoms with Crippen molar-refractivity contribution in [3.63, 3.8) is 0 Å². The van der Waals surface area contributed by atoms with Gasteiger partial charge in [0.2, 0.25) is 5.88 Å². The summed E-state index contributed by atoms with van der Waals surface area (Å²) in [6, 6.07) is 10.1. The van der Waals surface area contributed by atoms with E-state index in [-0.39, 0.29) is 23.9 Å². The van der Waals surface area contributed by atoms with Gasteiger partial charge in [0, 0.05) is 13.1 Å². The van der Waals surface area contributed by atoms with Crippen molar-refractivity contribution in [1.82, 2.24) is 14.4 Å². The number of fused-ring (bicyclic) bond motifs is 1. The molecule has 0 bridgehead atoms. The van der Waals surface area contributed by atoms with Crippen LogP contribution in [0.5, 0.6) is 5.88 Å². The zero-order valence-corrected chi connectivity index (χ0v) is 19.8. The molecule has 1 aliphatic rings. The summed E-state index contributed by atoms with van der Waals surface area (Å²) in [7, 11) is 1.58. The van der Waals surface area contributed by atoms with Gasteiger partial charge in [-0.2, -0.15) is 5.06 Å². The van der Waals surface area contributed by atoms with Crippen molar-refractivity contribution in [2.45, 2.75) is 33.9 Å². The summed E-state index contributed by atoms with van der Waals surface area (Å²) in [5, 5.41) is 1.75. The second kappa shape index (κ2) is 9.82. The topological polar surface area (TPSA) is 74.9 Å². The molecule has 0 amide bonds. The lowest BCUT2D eigenvalue weighted by Gasteiger charge is -2.17. The third kappa shape index (κ3) is 4.36. The van der Waals surface area contributed by atoms with Crippen molar-refractivity contribution in [2.75, 3.05) is 26.8 Å². The van der Waals surface area contributed by atoms with Crippen LogP contribution in [0, 0.1) is 19.7 Å². The van der Waals surface area contributed by atoms with E-state index in [0.29, 0.717) is 37.3 Å². The number of benzene rings is 2. The Hall–Kier alpha value is -3.43. The Bertz CT molecular complexity index is 1260. The number of carbonyl (C=O) groups is 1. The number of aryl methyl sites for hydroxylation is 1. The molecule has 8 nitrogen and oxygen atoms in total. The van der Waals surface area contributed by atoms with Gasteiger partial charge in [-0.15, -0.1) is 0 Å². The number of ether oxygens (including phenoxy) is 2. The molecule has 0 atom stereocenters. The van der Waals surface area contributed by atoms with Crippen LogP contribution in [0.1, 0.15) is 18.1 Å². The van der Waals surface area contributed by atoms with E-state index in [1.54, 1.807) is 40.6 Å². The molecule has 2 heterocycles. The van der Waals surface area contributed by atoms with Gasteiger partial charge in [-0.05, 0) is 60.7 Å². The lowest BCUT2D eigenvalue weighted by molar-refractivity contribution is -0.130. The minimum atomic E-state index is -0.873. The largest absolute Gasteiger partial charge is 0.515 e. The first-order chi connectivity index (χ1) is 16.3. The highest BCUT2D eigenvalue weighted by Gasteiger charge is 2.30. The number of hydroxylamine groups is 2. The number of carbonyl (C=O) groups excluding carboxylic acids is 1. The van der Waals surface area contributed by atoms with E-state index < -0.39 is 6.16 Å². The standard InChI is InChI=1S/C25H28FN3O5/c1-5-33-25(31)34-24-22(23(30)28-14-12-27(32-4)13-15-29(24)28)21-16(2)6-11-20(17(21)3)18-7-9-19(26)10-8-18/h6-11H,5,12-15H2,1-4H3. The second-order valence-electron chi connectivity index (χ2n) is 8.07. The van der Waals surface area contributed by atoms with E-state index in [0.717, 1.165) is 22.3 Å². The first-order valence-electron chi connectivity index (χ1n) is 11.2. The van der Waals surface area contributed by atoms with E-state index in [2.05, 4.69) is 0 Å². The second-order valence-corrected chi connectivity index (χ2v) is 8.07. The van der Waals surface area contributed by atoms with Gasteiger partial charge in [0.1, 0.15) is 11.4 Å². The summed E-state index contributed by atoms with van der Waals surface area (Å²) in [4.78, 5) is 31.4. The Kier molecular flexibility index (Phi) is 6.85. The third-order valence-electron chi connectivity index (χ3n) is 6.09. The predicted molar refractivity (Wildman–Crippen MR) is 125 cm³/mol. The van der Waals surface area contributed by atoms with E-state index in [1.165, 1.54) is 12.1 Å². The molecule has 0 unspecified atom stereocenters. The summed E-state index contributed by atoms with van der Waals surface area (Å²) < 4.78 is 27.4. The summed E-state index contributed by atoms with van der Waals surface area (Å²) in [6.07, 6.45) is -0.873. The van der Waals surface area contributed by atoms with Crippen LogP contribution in [0.25, 0.3) is 22.3 Å². The summed E-state index contributed by atoms with van der Waals surface area (Å²) in [5.41, 5.74) is 4.09. The van der Waals surface area contributed by atoms with Gasteiger partial charge in [-0.25, -0.2) is 18.5 Å². The number of aromatic nitrogens is 2. The lowest BCUT2D eigenvalue weighted by Crippen LogP contribution is -2.27. The van der Waals surface area contributed by atoms with Crippen molar-refractivity contribution in [2.24, 2.45) is 0 Å². The molecule has 1 aliphatic heterocycles. The van der Waals surface area contributed by atoms with Gasteiger partial charge in [0.25, 0.3) is 5.56 Å². The minimum absolute atomic E-state index is 0.142. The summed E-state index contributed by atoms with van der Waals surface area (Å²) in [5.74, 6) is -0.178. The highest BCUT2D eigenvalue weighted by molar-refractivity contribution is 5.83. The van der Waals surface area contributed by atoms with E-state index in [4.69, 9.17) is 14.3 Å². The fourth-order valence-electron chi connectivity index (χ4n) is 4.44. The zero-order chi connectivity index (χ0) is 24.4. The van der Waals surface area contributed by atoms with Crippen LogP contribution in [-0.4, -0.2) is 47.4 Å². The lowest BCUT2D eigenvalue weighted by atomic mass is 9.90. The maximum Gasteiger partial charge on any atom is 0.515 e. The zero-order valence-electron chi connectivity index (χ0n) is 19.8. The van der Waals surface area contributed by atoms with Crippen LogP contribution in [0.15, 0.2) is 41.2 Å². The Morgan fingerprint density at radius 3 is 2.29 bits per heavy atom. The molecule has 4 rings (SSSR count). The monoisotopic (exact) mass is 469 g/mol. The molecule has 2 aromatic carbocycles. The van der Waals surface area contributed by atoms with Crippen LogP contribution in [-0.2, 0) is 22.7 Å². The van der Waals surface area contributed by atoms with Gasteiger partial charge in [0.15, 0.2) is 0 Å². The van der Waals surface area contributed by atoms with Gasteiger partial charge in [0.05, 0.1) is 26.8 Å². The molecule has 180 valence electrons. The Labute approximate surface area is 197 Å². The van der Waals surface area contributed by atoms with Crippen molar-refractivity contribution in [1.29, 1.82) is 0 Å². The highest BCUT2D eigenvalue weighted by Crippen LogP contribution is 2.38. The molecular formula is C25H28FN3O5. The fraction of sp³-hybridized carbons (Fsp3) is 0.360. The van der Waals surface area contributed by atoms with Gasteiger partial charge < -0.3 is 14.3 Å². The van der Waals surface area contributed by atoms with Gasteiger partial charge >= 0.3 is 6.16 Å². The van der Waals surface area contributed by atoms with Crippen molar-refractivity contribution >= 4 is 6.16 Å². The molecule has 3 aromatic rings. The summed E-state index contributed by atoms with van der Waals surface area (Å²) >= 11 is 0. The maximum absolute atomic E-state index is 13.7. The molecule has 0 saturated carbocycles. The minimum Gasteiger partial charge on any atom is -0.434 e. The highest BCUT2D eigenvalue weighted by atomic mass is 19.1. The molecule has 34 heavy (non-hydrogen) atoms. The molecule has 9 heteroatoms. The average Bonchev–Trinajstić information content (AvgIpc) is 2.95. The number of rotatable bonds is 5. The molecule has 0 spiro atoms. The quantitative estimate of drug-likeness (QED) is 0.523. The first kappa shape index (κ1) is 23.7. The normalized spacial score (nSPS) is 13.9. The van der Waals surface area contributed by atoms with Gasteiger partial charge in [-0.3, -0.25) is 4.79 Å². The van der Waals surface area contributed by atoms with Crippen molar-refractivity contribution in [3.8, 4) is 28.1 Å². The fourth-order valence-corrected chi connectivity index (χ4v) is 4.44. The van der Waals surface area contributed by atoms with Crippen LogP contribution in [0.3, 0.4) is 0 Å². The summed E-state index contributed by atoms with van der Waals surface area (Å²) in [6.45, 7) is 7.41. The van der Waals surface area contributed by atoms with Crippen LogP contribution in [0.4, 0.5) is 9.18 Å². The molecule has 0 fully saturated rings. The molecule has 1 aromatic heterocycles. The van der Waals surface area contributed by atoms with Crippen LogP contribution < -0.4 is 10.3 Å². The third-order valence-corrected chi connectivity index (χ3v) is 6.09. The van der Waals surface area contributed by atoms with Gasteiger partial charge in [-0.1, -0.05) is 24.3 Å². The number of halogens is 1. The van der Waals surface area contributed by atoms with Crippen molar-refractivity contribution < 1.29 is 23.5 Å². The van der Waals surface area contributed by atoms with E-state index in [9.17, 15) is 14.0 Å². The Morgan fingerprint density at radius 1 is 0.971 bits per heavy atom. The number of hydrogen-bond acceptors (Lipinski definition) is 6. The Morgan fingerprint density at radius 2 is 1.65 bits per heavy atom. The van der Waals surface area contributed by atoms with E-state index >= 15 is 0 Å². The molecule has 0 radical (unpaired) electrons. The molecule has 0 aliphatic carbocycles. The predicted octanol–water partition coefficient (Wildman–Crippen LogP) is 4.15. The maximum atomic E-state index is 13.7. The first-order valence-corrected chi connectivity index (χ1v) is 11.2. The number of hydrogen-bond donors (Lipinski definition) is 0. The molecule has 0 N–H and O–H groups in total. The average molecular weight is 470 g/mol. The van der Waals surface area contributed by atoms with Crippen LogP contribution >= 0.6 is 0 Å². The van der Waals surface area contributed by atoms with Crippen LogP contribution in [0.2, 0.25) is 0 Å². The van der Waals surface area contributed by atoms with E-state index in [1.807, 2.05) is 26.0 Å². The number of nitrogens with zero attached hydrogens (tertiary/aromatic N) is 3. The Balaban J connectivity index is 1.92. The smallest absolute Gasteiger partial charge is 0.434 e.